The number of amides is 1. The average molecular weight is 313 g/mol. The minimum Gasteiger partial charge on any atom is -0.483 e. The SMILES string of the molecule is CC(=O)NC(C)C(C)OCC1CCC2(CCC2)CC1.O=CO. The van der Waals surface area contributed by atoms with E-state index in [2.05, 4.69) is 12.2 Å². The van der Waals surface area contributed by atoms with Crippen LogP contribution in [0.25, 0.3) is 0 Å². The molecular formula is C17H31NO4. The van der Waals surface area contributed by atoms with Crippen LogP contribution in [0.5, 0.6) is 0 Å². The number of hydrogen-bond donors (Lipinski definition) is 2. The molecule has 1 amide bonds. The summed E-state index contributed by atoms with van der Waals surface area (Å²) in [5.41, 5.74) is 0.742. The molecule has 128 valence electrons. The van der Waals surface area contributed by atoms with E-state index >= 15 is 0 Å². The van der Waals surface area contributed by atoms with Gasteiger partial charge in [0.15, 0.2) is 0 Å². The third-order valence-corrected chi connectivity index (χ3v) is 5.31. The summed E-state index contributed by atoms with van der Waals surface area (Å²) >= 11 is 0. The van der Waals surface area contributed by atoms with Crippen molar-refractivity contribution in [2.45, 2.75) is 77.9 Å². The zero-order valence-electron chi connectivity index (χ0n) is 14.1. The van der Waals surface area contributed by atoms with E-state index in [1.807, 2.05) is 6.92 Å². The highest BCUT2D eigenvalue weighted by Gasteiger charge is 2.39. The molecule has 2 rings (SSSR count). The van der Waals surface area contributed by atoms with Gasteiger partial charge in [0.05, 0.1) is 12.1 Å². The van der Waals surface area contributed by atoms with Crippen LogP contribution in [0.2, 0.25) is 0 Å². The lowest BCUT2D eigenvalue weighted by Crippen LogP contribution is -2.41. The highest BCUT2D eigenvalue weighted by Crippen LogP contribution is 2.52. The Kier molecular flexibility index (Phi) is 7.87. The maximum atomic E-state index is 11.0. The molecule has 2 fully saturated rings. The Bertz CT molecular complexity index is 345. The van der Waals surface area contributed by atoms with Gasteiger partial charge in [0.25, 0.3) is 6.47 Å². The molecule has 1 spiro atoms. The highest BCUT2D eigenvalue weighted by molar-refractivity contribution is 5.73. The molecule has 0 heterocycles. The topological polar surface area (TPSA) is 75.6 Å². The van der Waals surface area contributed by atoms with E-state index in [9.17, 15) is 4.79 Å². The molecule has 0 aromatic rings. The lowest BCUT2D eigenvalue weighted by Gasteiger charge is -2.47. The van der Waals surface area contributed by atoms with Crippen molar-refractivity contribution in [3.63, 3.8) is 0 Å². The van der Waals surface area contributed by atoms with Gasteiger partial charge >= 0.3 is 0 Å². The van der Waals surface area contributed by atoms with E-state index in [4.69, 9.17) is 14.6 Å². The number of nitrogens with one attached hydrogen (secondary N) is 1. The first-order valence-corrected chi connectivity index (χ1v) is 8.39. The van der Waals surface area contributed by atoms with Crippen LogP contribution < -0.4 is 5.32 Å². The van der Waals surface area contributed by atoms with Crippen molar-refractivity contribution in [3.05, 3.63) is 0 Å². The molecule has 2 aliphatic rings. The molecule has 2 unspecified atom stereocenters. The number of ether oxygens (including phenoxy) is 1. The maximum absolute atomic E-state index is 11.0. The lowest BCUT2D eigenvalue weighted by atomic mass is 9.59. The van der Waals surface area contributed by atoms with Gasteiger partial charge in [0, 0.05) is 13.5 Å². The Morgan fingerprint density at radius 3 is 2.27 bits per heavy atom. The molecule has 2 atom stereocenters. The summed E-state index contributed by atoms with van der Waals surface area (Å²) in [6.45, 7) is 6.23. The fourth-order valence-corrected chi connectivity index (χ4v) is 3.50. The second kappa shape index (κ2) is 9.13. The van der Waals surface area contributed by atoms with Gasteiger partial charge in [-0.2, -0.15) is 0 Å². The van der Waals surface area contributed by atoms with Crippen LogP contribution in [0.15, 0.2) is 0 Å². The van der Waals surface area contributed by atoms with Crippen LogP contribution in [0.1, 0.15) is 65.7 Å². The monoisotopic (exact) mass is 313 g/mol. The van der Waals surface area contributed by atoms with Crippen molar-refractivity contribution >= 4 is 12.4 Å². The van der Waals surface area contributed by atoms with Gasteiger partial charge < -0.3 is 15.2 Å². The van der Waals surface area contributed by atoms with E-state index in [1.54, 1.807) is 6.92 Å². The van der Waals surface area contributed by atoms with Gasteiger partial charge in [-0.15, -0.1) is 0 Å². The summed E-state index contributed by atoms with van der Waals surface area (Å²) in [5.74, 6) is 0.755. The lowest BCUT2D eigenvalue weighted by molar-refractivity contribution is -0.123. The smallest absolute Gasteiger partial charge is 0.290 e. The Morgan fingerprint density at radius 2 is 1.86 bits per heavy atom. The number of carbonyl (C=O) groups excluding carboxylic acids is 1. The molecule has 2 saturated carbocycles. The molecule has 5 heteroatoms. The summed E-state index contributed by atoms with van der Waals surface area (Å²) in [5, 5.41) is 9.79. The van der Waals surface area contributed by atoms with Crippen molar-refractivity contribution < 1.29 is 19.4 Å². The molecule has 2 N–H and O–H groups in total. The van der Waals surface area contributed by atoms with Gasteiger partial charge in [0.1, 0.15) is 0 Å². The van der Waals surface area contributed by atoms with E-state index in [1.165, 1.54) is 44.9 Å². The summed E-state index contributed by atoms with van der Waals surface area (Å²) in [6.07, 6.45) is 9.98. The second-order valence-electron chi connectivity index (χ2n) is 6.93. The van der Waals surface area contributed by atoms with Crippen molar-refractivity contribution in [2.24, 2.45) is 11.3 Å². The largest absolute Gasteiger partial charge is 0.483 e. The van der Waals surface area contributed by atoms with E-state index < -0.39 is 0 Å². The van der Waals surface area contributed by atoms with Crippen LogP contribution in [-0.4, -0.2) is 36.2 Å². The van der Waals surface area contributed by atoms with Crippen LogP contribution in [-0.2, 0) is 14.3 Å². The molecule has 0 aromatic heterocycles. The molecule has 22 heavy (non-hydrogen) atoms. The van der Waals surface area contributed by atoms with Crippen LogP contribution in [0.3, 0.4) is 0 Å². The van der Waals surface area contributed by atoms with Crippen molar-refractivity contribution in [3.8, 4) is 0 Å². The minimum absolute atomic E-state index is 0.0209. The number of carboxylic acid groups (broad SMARTS) is 1. The fourth-order valence-electron chi connectivity index (χ4n) is 3.50. The molecule has 2 aliphatic carbocycles. The Hall–Kier alpha value is -1.10. The van der Waals surface area contributed by atoms with Gasteiger partial charge in [0.2, 0.25) is 5.91 Å². The molecule has 0 aliphatic heterocycles. The summed E-state index contributed by atoms with van der Waals surface area (Å²) in [6, 6.07) is 0.0964. The highest BCUT2D eigenvalue weighted by atomic mass is 16.5. The van der Waals surface area contributed by atoms with Crippen molar-refractivity contribution in [1.82, 2.24) is 5.32 Å². The number of hydrogen-bond acceptors (Lipinski definition) is 3. The molecule has 0 aromatic carbocycles. The number of rotatable bonds is 5. The third-order valence-electron chi connectivity index (χ3n) is 5.31. The molecule has 5 nitrogen and oxygen atoms in total. The first-order chi connectivity index (χ1) is 10.4. The molecule has 0 bridgehead atoms. The molecular weight excluding hydrogens is 282 g/mol. The predicted molar refractivity (Wildman–Crippen MR) is 85.6 cm³/mol. The zero-order valence-corrected chi connectivity index (χ0v) is 14.1. The van der Waals surface area contributed by atoms with Crippen molar-refractivity contribution in [2.75, 3.05) is 6.61 Å². The first kappa shape index (κ1) is 18.9. The fraction of sp³-hybridized carbons (Fsp3) is 0.882. The quantitative estimate of drug-likeness (QED) is 0.765. The standard InChI is InChI=1S/C16H29NO2.CH2O2/c1-12(17-14(3)18)13(2)19-11-15-5-9-16(10-6-15)7-4-8-16;2-1-3/h12-13,15H,4-11H2,1-3H3,(H,17,18);1H,(H,2,3). The van der Waals surface area contributed by atoms with Gasteiger partial charge in [-0.05, 0) is 63.7 Å². The summed E-state index contributed by atoms with van der Waals surface area (Å²) < 4.78 is 5.95. The normalized spacial score (nSPS) is 22.7. The Labute approximate surface area is 133 Å². The van der Waals surface area contributed by atoms with Gasteiger partial charge in [-0.25, -0.2) is 0 Å². The second-order valence-corrected chi connectivity index (χ2v) is 6.93. The third kappa shape index (κ3) is 5.95. The molecule has 0 saturated heterocycles. The van der Waals surface area contributed by atoms with Gasteiger partial charge in [-0.3, -0.25) is 9.59 Å². The molecule has 0 radical (unpaired) electrons. The van der Waals surface area contributed by atoms with Crippen molar-refractivity contribution in [1.29, 1.82) is 0 Å². The summed E-state index contributed by atoms with van der Waals surface area (Å²) in [4.78, 5) is 19.4. The Balaban J connectivity index is 0.000000745. The van der Waals surface area contributed by atoms with E-state index in [0.717, 1.165) is 17.9 Å². The van der Waals surface area contributed by atoms with Crippen LogP contribution in [0.4, 0.5) is 0 Å². The van der Waals surface area contributed by atoms with Crippen LogP contribution in [0, 0.1) is 11.3 Å². The van der Waals surface area contributed by atoms with E-state index in [-0.39, 0.29) is 24.5 Å². The zero-order chi connectivity index (χ0) is 16.6. The average Bonchev–Trinajstić information content (AvgIpc) is 2.43. The number of carbonyl (C=O) groups is 2. The first-order valence-electron chi connectivity index (χ1n) is 8.39. The summed E-state index contributed by atoms with van der Waals surface area (Å²) in [7, 11) is 0. The minimum atomic E-state index is -0.250. The Morgan fingerprint density at radius 1 is 1.32 bits per heavy atom. The van der Waals surface area contributed by atoms with Gasteiger partial charge in [-0.1, -0.05) is 6.42 Å². The maximum Gasteiger partial charge on any atom is 0.290 e. The predicted octanol–water partition coefficient (Wildman–Crippen LogP) is 2.98. The van der Waals surface area contributed by atoms with E-state index in [0.29, 0.717) is 0 Å². The van der Waals surface area contributed by atoms with Crippen LogP contribution >= 0.6 is 0 Å².